The van der Waals surface area contributed by atoms with E-state index in [9.17, 15) is 4.79 Å². The molecule has 0 aliphatic rings. The molecule has 0 spiro atoms. The second kappa shape index (κ2) is 4.99. The maximum atomic E-state index is 12.0. The van der Waals surface area contributed by atoms with Crippen molar-refractivity contribution < 1.29 is 9.32 Å². The van der Waals surface area contributed by atoms with Gasteiger partial charge in [-0.05, 0) is 20.8 Å². The molecule has 7 nitrogen and oxygen atoms in total. The van der Waals surface area contributed by atoms with Gasteiger partial charge in [-0.1, -0.05) is 5.16 Å². The van der Waals surface area contributed by atoms with Crippen molar-refractivity contribution in [2.75, 3.05) is 0 Å². The third-order valence-electron chi connectivity index (χ3n) is 2.70. The molecule has 0 bridgehead atoms. The van der Waals surface area contributed by atoms with Gasteiger partial charge >= 0.3 is 0 Å². The van der Waals surface area contributed by atoms with Crippen molar-refractivity contribution in [3.8, 4) is 0 Å². The number of nitrogens with one attached hydrogen (secondary N) is 1. The highest BCUT2D eigenvalue weighted by molar-refractivity contribution is 5.95. The van der Waals surface area contributed by atoms with E-state index in [1.807, 2.05) is 11.5 Å². The fourth-order valence-electron chi connectivity index (χ4n) is 1.73. The zero-order valence-corrected chi connectivity index (χ0v) is 10.6. The predicted molar refractivity (Wildman–Crippen MR) is 62.8 cm³/mol. The first kappa shape index (κ1) is 12.3. The Morgan fingerprint density at radius 2 is 2.28 bits per heavy atom. The van der Waals surface area contributed by atoms with Crippen LogP contribution >= 0.6 is 0 Å². The summed E-state index contributed by atoms with van der Waals surface area (Å²) in [6.45, 7) is 6.53. The van der Waals surface area contributed by atoms with Crippen molar-refractivity contribution >= 4 is 5.91 Å². The van der Waals surface area contributed by atoms with Crippen molar-refractivity contribution in [2.24, 2.45) is 0 Å². The minimum Gasteiger partial charge on any atom is -0.361 e. The van der Waals surface area contributed by atoms with E-state index in [0.29, 0.717) is 23.6 Å². The highest BCUT2D eigenvalue weighted by atomic mass is 16.5. The molecule has 2 rings (SSSR count). The average molecular weight is 249 g/mol. The monoisotopic (exact) mass is 249 g/mol. The quantitative estimate of drug-likeness (QED) is 0.867. The molecule has 1 amide bonds. The van der Waals surface area contributed by atoms with Gasteiger partial charge in [-0.15, -0.1) is 10.2 Å². The third-order valence-corrected chi connectivity index (χ3v) is 2.70. The Labute approximate surface area is 104 Å². The van der Waals surface area contributed by atoms with Crippen LogP contribution in [0.15, 0.2) is 10.9 Å². The van der Waals surface area contributed by atoms with Gasteiger partial charge in [0.2, 0.25) is 0 Å². The van der Waals surface area contributed by atoms with Gasteiger partial charge in [0.15, 0.2) is 5.82 Å². The first-order chi connectivity index (χ1) is 8.63. The van der Waals surface area contributed by atoms with Crippen LogP contribution in [-0.4, -0.2) is 25.8 Å². The summed E-state index contributed by atoms with van der Waals surface area (Å²) >= 11 is 0. The maximum absolute atomic E-state index is 12.0. The van der Waals surface area contributed by atoms with Gasteiger partial charge in [-0.2, -0.15) is 0 Å². The van der Waals surface area contributed by atoms with Gasteiger partial charge in [0.1, 0.15) is 17.7 Å². The van der Waals surface area contributed by atoms with Crippen molar-refractivity contribution in [3.05, 3.63) is 29.2 Å². The molecule has 0 atom stereocenters. The molecule has 2 heterocycles. The fraction of sp³-hybridized carbons (Fsp3) is 0.455. The van der Waals surface area contributed by atoms with E-state index in [-0.39, 0.29) is 5.91 Å². The lowest BCUT2D eigenvalue weighted by Crippen LogP contribution is -2.25. The summed E-state index contributed by atoms with van der Waals surface area (Å²) in [7, 11) is 0. The first-order valence-electron chi connectivity index (χ1n) is 5.71. The Balaban J connectivity index is 2.05. The summed E-state index contributed by atoms with van der Waals surface area (Å²) in [5, 5.41) is 14.3. The Morgan fingerprint density at radius 3 is 2.89 bits per heavy atom. The molecule has 0 fully saturated rings. The number of carbonyl (C=O) groups excluding carboxylic acids is 1. The van der Waals surface area contributed by atoms with E-state index < -0.39 is 0 Å². The Kier molecular flexibility index (Phi) is 3.40. The van der Waals surface area contributed by atoms with Gasteiger partial charge in [0, 0.05) is 6.54 Å². The number of aromatic nitrogens is 4. The van der Waals surface area contributed by atoms with E-state index in [2.05, 4.69) is 20.7 Å². The number of rotatable bonds is 4. The Bertz CT molecular complexity index is 538. The van der Waals surface area contributed by atoms with E-state index in [4.69, 9.17) is 4.52 Å². The van der Waals surface area contributed by atoms with E-state index >= 15 is 0 Å². The number of hydrogen-bond acceptors (Lipinski definition) is 5. The van der Waals surface area contributed by atoms with Crippen LogP contribution in [0.25, 0.3) is 0 Å². The van der Waals surface area contributed by atoms with Gasteiger partial charge in [-0.25, -0.2) is 0 Å². The molecule has 0 aliphatic carbocycles. The molecule has 0 saturated carbocycles. The highest BCUT2D eigenvalue weighted by Crippen LogP contribution is 2.11. The van der Waals surface area contributed by atoms with Crippen LogP contribution in [0.4, 0.5) is 0 Å². The normalized spacial score (nSPS) is 10.6. The fourth-order valence-corrected chi connectivity index (χ4v) is 1.73. The minimum atomic E-state index is -0.211. The van der Waals surface area contributed by atoms with Crippen LogP contribution < -0.4 is 5.32 Å². The van der Waals surface area contributed by atoms with Crippen LogP contribution in [0.3, 0.4) is 0 Å². The van der Waals surface area contributed by atoms with E-state index in [1.54, 1.807) is 20.2 Å². The van der Waals surface area contributed by atoms with Crippen LogP contribution in [0.5, 0.6) is 0 Å². The Morgan fingerprint density at radius 1 is 1.50 bits per heavy atom. The smallest absolute Gasteiger partial charge is 0.257 e. The zero-order valence-electron chi connectivity index (χ0n) is 10.6. The second-order valence-electron chi connectivity index (χ2n) is 3.92. The molecule has 1 N–H and O–H groups in total. The number of carbonyl (C=O) groups is 1. The van der Waals surface area contributed by atoms with E-state index in [0.717, 1.165) is 12.4 Å². The molecule has 0 radical (unpaired) electrons. The number of nitrogens with zero attached hydrogens (tertiary/aromatic N) is 4. The summed E-state index contributed by atoms with van der Waals surface area (Å²) in [5.74, 6) is 1.02. The molecule has 7 heteroatoms. The third kappa shape index (κ3) is 2.24. The minimum absolute atomic E-state index is 0.211. The Hall–Kier alpha value is -2.18. The van der Waals surface area contributed by atoms with Crippen LogP contribution in [-0.2, 0) is 13.1 Å². The predicted octanol–water partition coefficient (Wildman–Crippen LogP) is 0.833. The van der Waals surface area contributed by atoms with Gasteiger partial charge in [0.05, 0.1) is 12.2 Å². The van der Waals surface area contributed by atoms with E-state index in [1.165, 1.54) is 0 Å². The molecule has 96 valence electrons. The molecular formula is C11H15N5O2. The summed E-state index contributed by atoms with van der Waals surface area (Å²) in [4.78, 5) is 12.0. The SMILES string of the molecule is CCn1cnnc1CNC(=O)c1c(C)noc1C. The lowest BCUT2D eigenvalue weighted by molar-refractivity contribution is 0.0947. The van der Waals surface area contributed by atoms with Crippen molar-refractivity contribution in [2.45, 2.75) is 33.9 Å². The van der Waals surface area contributed by atoms with Gasteiger partial charge < -0.3 is 14.4 Å². The van der Waals surface area contributed by atoms with Crippen LogP contribution in [0.1, 0.15) is 34.6 Å². The first-order valence-corrected chi connectivity index (χ1v) is 5.71. The van der Waals surface area contributed by atoms with Gasteiger partial charge in [-0.3, -0.25) is 4.79 Å². The molecule has 0 aliphatic heterocycles. The number of aryl methyl sites for hydroxylation is 3. The standard InChI is InChI=1S/C11H15N5O2/c1-4-16-6-13-14-9(16)5-12-11(17)10-7(2)15-18-8(10)3/h6H,4-5H2,1-3H3,(H,12,17). The molecule has 0 aromatic carbocycles. The van der Waals surface area contributed by atoms with Crippen molar-refractivity contribution in [1.82, 2.24) is 25.2 Å². The zero-order chi connectivity index (χ0) is 13.1. The lowest BCUT2D eigenvalue weighted by atomic mass is 10.2. The van der Waals surface area contributed by atoms with Crippen molar-refractivity contribution in [1.29, 1.82) is 0 Å². The summed E-state index contributed by atoms with van der Waals surface area (Å²) in [5.41, 5.74) is 1.07. The highest BCUT2D eigenvalue weighted by Gasteiger charge is 2.17. The molecule has 2 aromatic rings. The second-order valence-corrected chi connectivity index (χ2v) is 3.92. The summed E-state index contributed by atoms with van der Waals surface area (Å²) < 4.78 is 6.82. The maximum Gasteiger partial charge on any atom is 0.257 e. The number of amides is 1. The average Bonchev–Trinajstić information content (AvgIpc) is 2.93. The van der Waals surface area contributed by atoms with Crippen LogP contribution in [0.2, 0.25) is 0 Å². The van der Waals surface area contributed by atoms with Gasteiger partial charge in [0.25, 0.3) is 5.91 Å². The van der Waals surface area contributed by atoms with Crippen molar-refractivity contribution in [3.63, 3.8) is 0 Å². The summed E-state index contributed by atoms with van der Waals surface area (Å²) in [6, 6.07) is 0. The molecule has 0 saturated heterocycles. The largest absolute Gasteiger partial charge is 0.361 e. The molecular weight excluding hydrogens is 234 g/mol. The topological polar surface area (TPSA) is 85.8 Å². The lowest BCUT2D eigenvalue weighted by Gasteiger charge is -2.05. The summed E-state index contributed by atoms with van der Waals surface area (Å²) in [6.07, 6.45) is 1.64. The van der Waals surface area contributed by atoms with Crippen LogP contribution in [0, 0.1) is 13.8 Å². The molecule has 2 aromatic heterocycles. The molecule has 18 heavy (non-hydrogen) atoms. The molecule has 0 unspecified atom stereocenters. The number of hydrogen-bond donors (Lipinski definition) is 1.